The van der Waals surface area contributed by atoms with E-state index >= 15 is 0 Å². The van der Waals surface area contributed by atoms with Crippen molar-refractivity contribution >= 4 is 5.97 Å². The van der Waals surface area contributed by atoms with Crippen LogP contribution in [-0.4, -0.2) is 21.3 Å². The summed E-state index contributed by atoms with van der Waals surface area (Å²) in [4.78, 5) is 10.9. The van der Waals surface area contributed by atoms with Gasteiger partial charge in [0.1, 0.15) is 11.4 Å². The van der Waals surface area contributed by atoms with Crippen LogP contribution in [0.1, 0.15) is 15.9 Å². The van der Waals surface area contributed by atoms with E-state index in [1.165, 1.54) is 18.3 Å². The first-order valence-corrected chi connectivity index (χ1v) is 4.62. The fourth-order valence-corrected chi connectivity index (χ4v) is 1.55. The summed E-state index contributed by atoms with van der Waals surface area (Å²) in [7, 11) is 0. The van der Waals surface area contributed by atoms with Gasteiger partial charge in [-0.2, -0.15) is 5.10 Å². The number of hydrogen-bond acceptors (Lipinski definition) is 2. The van der Waals surface area contributed by atoms with Gasteiger partial charge in [0.25, 0.3) is 0 Å². The highest BCUT2D eigenvalue weighted by molar-refractivity contribution is 5.94. The van der Waals surface area contributed by atoms with Gasteiger partial charge in [0.15, 0.2) is 0 Å². The number of nitrogens with one attached hydrogen (secondary N) is 1. The van der Waals surface area contributed by atoms with Crippen LogP contribution in [0.25, 0.3) is 11.3 Å². The maximum absolute atomic E-state index is 13.2. The van der Waals surface area contributed by atoms with Gasteiger partial charge < -0.3 is 5.11 Å². The molecule has 82 valence electrons. The molecule has 0 saturated heterocycles. The van der Waals surface area contributed by atoms with Gasteiger partial charge in [-0.3, -0.25) is 5.10 Å². The zero-order valence-electron chi connectivity index (χ0n) is 8.49. The zero-order valence-corrected chi connectivity index (χ0v) is 8.49. The molecule has 5 heteroatoms. The van der Waals surface area contributed by atoms with E-state index in [1.807, 2.05) is 0 Å². The normalized spacial score (nSPS) is 10.4. The first kappa shape index (κ1) is 10.4. The quantitative estimate of drug-likeness (QED) is 0.815. The first-order valence-electron chi connectivity index (χ1n) is 4.62. The van der Waals surface area contributed by atoms with Crippen molar-refractivity contribution in [2.45, 2.75) is 6.92 Å². The Bertz CT molecular complexity index is 528. The SMILES string of the molecule is Cc1cc(F)cc(-c2[nH]ncc2C(=O)O)c1. The molecule has 0 fully saturated rings. The maximum Gasteiger partial charge on any atom is 0.339 e. The average molecular weight is 220 g/mol. The van der Waals surface area contributed by atoms with Crippen molar-refractivity contribution in [3.63, 3.8) is 0 Å². The molecule has 0 spiro atoms. The van der Waals surface area contributed by atoms with E-state index < -0.39 is 11.8 Å². The van der Waals surface area contributed by atoms with Gasteiger partial charge in [-0.15, -0.1) is 0 Å². The Morgan fingerprint density at radius 2 is 2.19 bits per heavy atom. The number of rotatable bonds is 2. The summed E-state index contributed by atoms with van der Waals surface area (Å²) in [6.07, 6.45) is 1.21. The molecule has 0 aliphatic carbocycles. The summed E-state index contributed by atoms with van der Waals surface area (Å²) in [5, 5.41) is 15.1. The lowest BCUT2D eigenvalue weighted by atomic mass is 10.1. The van der Waals surface area contributed by atoms with E-state index in [4.69, 9.17) is 5.11 Å². The summed E-state index contributed by atoms with van der Waals surface area (Å²) < 4.78 is 13.2. The van der Waals surface area contributed by atoms with Gasteiger partial charge in [-0.1, -0.05) is 0 Å². The van der Waals surface area contributed by atoms with Crippen LogP contribution >= 0.6 is 0 Å². The molecule has 4 nitrogen and oxygen atoms in total. The van der Waals surface area contributed by atoms with Gasteiger partial charge in [0.2, 0.25) is 0 Å². The number of aromatic amines is 1. The highest BCUT2D eigenvalue weighted by Gasteiger charge is 2.14. The summed E-state index contributed by atoms with van der Waals surface area (Å²) in [5.74, 6) is -1.49. The lowest BCUT2D eigenvalue weighted by Crippen LogP contribution is -1.97. The predicted octanol–water partition coefficient (Wildman–Crippen LogP) is 2.22. The zero-order chi connectivity index (χ0) is 11.7. The molecule has 0 radical (unpaired) electrons. The van der Waals surface area contributed by atoms with E-state index in [-0.39, 0.29) is 5.56 Å². The molecular formula is C11H9FN2O2. The van der Waals surface area contributed by atoms with Crippen molar-refractivity contribution in [1.29, 1.82) is 0 Å². The molecule has 0 aliphatic heterocycles. The Morgan fingerprint density at radius 1 is 1.44 bits per heavy atom. The Morgan fingerprint density at radius 3 is 2.81 bits per heavy atom. The number of benzene rings is 1. The number of aromatic nitrogens is 2. The van der Waals surface area contributed by atoms with Gasteiger partial charge >= 0.3 is 5.97 Å². The van der Waals surface area contributed by atoms with Crippen molar-refractivity contribution < 1.29 is 14.3 Å². The van der Waals surface area contributed by atoms with Gasteiger partial charge in [0, 0.05) is 5.56 Å². The molecule has 1 aromatic heterocycles. The Hall–Kier alpha value is -2.17. The van der Waals surface area contributed by atoms with E-state index in [1.54, 1.807) is 13.0 Å². The van der Waals surface area contributed by atoms with E-state index in [2.05, 4.69) is 10.2 Å². The minimum absolute atomic E-state index is 0.0324. The van der Waals surface area contributed by atoms with Crippen LogP contribution in [0, 0.1) is 12.7 Å². The number of carboxylic acid groups (broad SMARTS) is 1. The van der Waals surface area contributed by atoms with Gasteiger partial charge in [-0.25, -0.2) is 9.18 Å². The molecular weight excluding hydrogens is 211 g/mol. The lowest BCUT2D eigenvalue weighted by molar-refractivity contribution is 0.0698. The number of aromatic carboxylic acids is 1. The van der Waals surface area contributed by atoms with Crippen LogP contribution in [0.4, 0.5) is 4.39 Å². The van der Waals surface area contributed by atoms with Crippen molar-refractivity contribution in [3.05, 3.63) is 41.3 Å². The van der Waals surface area contributed by atoms with Crippen molar-refractivity contribution in [2.24, 2.45) is 0 Å². The van der Waals surface area contributed by atoms with Crippen LogP contribution < -0.4 is 0 Å². The number of H-pyrrole nitrogens is 1. The maximum atomic E-state index is 13.2. The fourth-order valence-electron chi connectivity index (χ4n) is 1.55. The predicted molar refractivity (Wildman–Crippen MR) is 55.7 cm³/mol. The molecule has 0 unspecified atom stereocenters. The molecule has 1 heterocycles. The number of carbonyl (C=O) groups is 1. The van der Waals surface area contributed by atoms with Crippen LogP contribution in [-0.2, 0) is 0 Å². The van der Waals surface area contributed by atoms with Crippen molar-refractivity contribution in [1.82, 2.24) is 10.2 Å². The molecule has 0 atom stereocenters. The summed E-state index contributed by atoms with van der Waals surface area (Å²) >= 11 is 0. The first-order chi connectivity index (χ1) is 7.58. The van der Waals surface area contributed by atoms with E-state index in [9.17, 15) is 9.18 Å². The smallest absolute Gasteiger partial charge is 0.339 e. The van der Waals surface area contributed by atoms with Crippen LogP contribution in [0.15, 0.2) is 24.4 Å². The Kier molecular flexibility index (Phi) is 2.44. The molecule has 0 amide bonds. The number of hydrogen-bond donors (Lipinski definition) is 2. The van der Waals surface area contributed by atoms with Crippen LogP contribution in [0.5, 0.6) is 0 Å². The molecule has 16 heavy (non-hydrogen) atoms. The minimum atomic E-state index is -1.09. The second-order valence-corrected chi connectivity index (χ2v) is 3.48. The molecule has 0 aliphatic rings. The Labute approximate surface area is 90.7 Å². The third-order valence-corrected chi connectivity index (χ3v) is 2.20. The Balaban J connectivity index is 2.58. The third kappa shape index (κ3) is 1.79. The third-order valence-electron chi connectivity index (χ3n) is 2.20. The largest absolute Gasteiger partial charge is 0.478 e. The molecule has 2 rings (SSSR count). The summed E-state index contributed by atoms with van der Waals surface area (Å²) in [6.45, 7) is 1.74. The van der Waals surface area contributed by atoms with Gasteiger partial charge in [0.05, 0.1) is 11.9 Å². The molecule has 0 saturated carbocycles. The highest BCUT2D eigenvalue weighted by atomic mass is 19.1. The average Bonchev–Trinajstić information content (AvgIpc) is 2.63. The number of aryl methyl sites for hydroxylation is 1. The fraction of sp³-hybridized carbons (Fsp3) is 0.0909. The standard InChI is InChI=1S/C11H9FN2O2/c1-6-2-7(4-8(12)3-6)10-9(11(15)16)5-13-14-10/h2-5H,1H3,(H,13,14)(H,15,16). The van der Waals surface area contributed by atoms with Crippen molar-refractivity contribution in [2.75, 3.05) is 0 Å². The summed E-state index contributed by atoms with van der Waals surface area (Å²) in [6, 6.07) is 4.34. The molecule has 2 aromatic rings. The molecule has 0 bridgehead atoms. The minimum Gasteiger partial charge on any atom is -0.478 e. The monoisotopic (exact) mass is 220 g/mol. The van der Waals surface area contributed by atoms with E-state index in [0.717, 1.165) is 5.56 Å². The van der Waals surface area contributed by atoms with Crippen molar-refractivity contribution in [3.8, 4) is 11.3 Å². The van der Waals surface area contributed by atoms with Crippen LogP contribution in [0.2, 0.25) is 0 Å². The molecule has 1 aromatic carbocycles. The lowest BCUT2D eigenvalue weighted by Gasteiger charge is -2.02. The highest BCUT2D eigenvalue weighted by Crippen LogP contribution is 2.23. The van der Waals surface area contributed by atoms with Gasteiger partial charge in [-0.05, 0) is 30.7 Å². The number of nitrogens with zero attached hydrogens (tertiary/aromatic N) is 1. The summed E-state index contributed by atoms with van der Waals surface area (Å²) in [5.41, 5.74) is 1.55. The second kappa shape index (κ2) is 3.77. The number of carboxylic acids is 1. The number of halogens is 1. The molecule has 2 N–H and O–H groups in total. The van der Waals surface area contributed by atoms with Crippen LogP contribution in [0.3, 0.4) is 0 Å². The topological polar surface area (TPSA) is 66.0 Å². The van der Waals surface area contributed by atoms with E-state index in [0.29, 0.717) is 11.3 Å². The second-order valence-electron chi connectivity index (χ2n) is 3.48.